The fraction of sp³-hybridized carbons (Fsp3) is 0.136. The van der Waals surface area contributed by atoms with Crippen molar-refractivity contribution in [3.63, 3.8) is 0 Å². The van der Waals surface area contributed by atoms with Crippen LogP contribution in [0.1, 0.15) is 35.4 Å². The van der Waals surface area contributed by atoms with E-state index in [4.69, 9.17) is 0 Å². The molecule has 0 aliphatic heterocycles. The Labute approximate surface area is 170 Å². The van der Waals surface area contributed by atoms with Crippen LogP contribution in [0.3, 0.4) is 0 Å². The summed E-state index contributed by atoms with van der Waals surface area (Å²) >= 11 is 1.40. The Kier molecular flexibility index (Phi) is 5.33. The fourth-order valence-corrected chi connectivity index (χ4v) is 3.82. The molecule has 2 aromatic heterocycles. The van der Waals surface area contributed by atoms with Crippen molar-refractivity contribution >= 4 is 32.6 Å². The average Bonchev–Trinajstić information content (AvgIpc) is 3.15. The van der Waals surface area contributed by atoms with E-state index >= 15 is 0 Å². The number of hydrogen-bond donors (Lipinski definition) is 2. The summed E-state index contributed by atoms with van der Waals surface area (Å²) in [5, 5.41) is 13.1. The molecule has 5 nitrogen and oxygen atoms in total. The third-order valence-electron chi connectivity index (χ3n) is 4.57. The zero-order valence-electron chi connectivity index (χ0n) is 15.6. The number of halogens is 1. The molecule has 0 spiro atoms. The molecular formula is C22H18FN3O2S. The second-order valence-electron chi connectivity index (χ2n) is 6.54. The minimum absolute atomic E-state index is 0.176. The van der Waals surface area contributed by atoms with E-state index in [2.05, 4.69) is 15.3 Å². The Morgan fingerprint density at radius 2 is 1.97 bits per heavy atom. The van der Waals surface area contributed by atoms with Gasteiger partial charge >= 0.3 is 0 Å². The largest absolute Gasteiger partial charge is 0.388 e. The first-order valence-corrected chi connectivity index (χ1v) is 9.97. The highest BCUT2D eigenvalue weighted by molar-refractivity contribution is 7.22. The number of hydrogen-bond acceptors (Lipinski definition) is 5. The predicted octanol–water partition coefficient (Wildman–Crippen LogP) is 5.19. The molecule has 29 heavy (non-hydrogen) atoms. The third kappa shape index (κ3) is 4.01. The average molecular weight is 407 g/mol. The van der Waals surface area contributed by atoms with Gasteiger partial charge in [0.15, 0.2) is 5.13 Å². The first-order valence-electron chi connectivity index (χ1n) is 9.16. The predicted molar refractivity (Wildman–Crippen MR) is 112 cm³/mol. The van der Waals surface area contributed by atoms with E-state index < -0.39 is 11.9 Å². The summed E-state index contributed by atoms with van der Waals surface area (Å²) in [5.41, 5.74) is 2.44. The topological polar surface area (TPSA) is 75.1 Å². The Morgan fingerprint density at radius 1 is 1.21 bits per heavy atom. The first-order chi connectivity index (χ1) is 14.0. The molecule has 0 aliphatic rings. The molecular weight excluding hydrogens is 389 g/mol. The van der Waals surface area contributed by atoms with Gasteiger partial charge in [0, 0.05) is 22.9 Å². The fourth-order valence-electron chi connectivity index (χ4n) is 2.96. The van der Waals surface area contributed by atoms with Gasteiger partial charge in [0.05, 0.1) is 16.3 Å². The highest BCUT2D eigenvalue weighted by atomic mass is 32.1. The van der Waals surface area contributed by atoms with Gasteiger partial charge in [-0.05, 0) is 36.8 Å². The normalized spacial score (nSPS) is 12.1. The quantitative estimate of drug-likeness (QED) is 0.477. The highest BCUT2D eigenvalue weighted by Crippen LogP contribution is 2.27. The molecule has 4 rings (SSSR count). The number of rotatable bonds is 5. The Hall–Kier alpha value is -3.16. The van der Waals surface area contributed by atoms with Gasteiger partial charge in [0.1, 0.15) is 11.5 Å². The van der Waals surface area contributed by atoms with Gasteiger partial charge in [0.2, 0.25) is 0 Å². The van der Waals surface area contributed by atoms with Gasteiger partial charge in [-0.25, -0.2) is 9.37 Å². The Bertz CT molecular complexity index is 1140. The molecule has 2 heterocycles. The second kappa shape index (κ2) is 8.06. The van der Waals surface area contributed by atoms with Gasteiger partial charge in [-0.3, -0.25) is 15.1 Å². The van der Waals surface area contributed by atoms with E-state index in [1.807, 2.05) is 31.2 Å². The van der Waals surface area contributed by atoms with E-state index in [0.717, 1.165) is 10.2 Å². The second-order valence-corrected chi connectivity index (χ2v) is 7.57. The molecule has 0 bridgehead atoms. The number of carbonyl (C=O) groups is 1. The Balaban J connectivity index is 1.52. The highest BCUT2D eigenvalue weighted by Gasteiger charge is 2.14. The van der Waals surface area contributed by atoms with E-state index in [9.17, 15) is 14.3 Å². The van der Waals surface area contributed by atoms with Crippen LogP contribution in [0.4, 0.5) is 9.52 Å². The number of carbonyl (C=O) groups excluding carboxylic acids is 1. The molecule has 2 aromatic carbocycles. The van der Waals surface area contributed by atoms with Crippen molar-refractivity contribution in [2.45, 2.75) is 19.4 Å². The zero-order chi connectivity index (χ0) is 20.4. The summed E-state index contributed by atoms with van der Waals surface area (Å²) in [7, 11) is 0. The lowest BCUT2D eigenvalue weighted by atomic mass is 10.0. The van der Waals surface area contributed by atoms with Gasteiger partial charge in [-0.15, -0.1) is 0 Å². The molecule has 0 saturated heterocycles. The maximum Gasteiger partial charge on any atom is 0.257 e. The van der Waals surface area contributed by atoms with E-state index in [-0.39, 0.29) is 11.6 Å². The molecule has 4 aromatic rings. The zero-order valence-corrected chi connectivity index (χ0v) is 16.4. The van der Waals surface area contributed by atoms with Crippen LogP contribution in [0.15, 0.2) is 60.8 Å². The van der Waals surface area contributed by atoms with Crippen LogP contribution in [0.25, 0.3) is 21.5 Å². The molecule has 1 amide bonds. The summed E-state index contributed by atoms with van der Waals surface area (Å²) in [4.78, 5) is 21.0. The van der Waals surface area contributed by atoms with Gasteiger partial charge < -0.3 is 5.11 Å². The third-order valence-corrected chi connectivity index (χ3v) is 5.52. The number of nitrogens with zero attached hydrogens (tertiary/aromatic N) is 2. The van der Waals surface area contributed by atoms with Crippen molar-refractivity contribution in [3.05, 3.63) is 77.7 Å². The molecule has 1 unspecified atom stereocenters. The van der Waals surface area contributed by atoms with Crippen LogP contribution in [0.2, 0.25) is 0 Å². The van der Waals surface area contributed by atoms with Crippen molar-refractivity contribution in [3.8, 4) is 11.3 Å². The first kappa shape index (κ1) is 19.2. The van der Waals surface area contributed by atoms with Crippen LogP contribution < -0.4 is 5.32 Å². The number of nitrogens with one attached hydrogen (secondary N) is 1. The summed E-state index contributed by atoms with van der Waals surface area (Å²) in [5.74, 6) is -0.799. The number of aliphatic hydroxyl groups excluding tert-OH is 1. The standard InChI is InChI=1S/C22H18FN3O2S/c1-2-18(27)15-11-16(23)20(24-12-15)13-7-9-14(10-8-13)21(28)26-22-25-17-5-3-4-6-19(17)29-22/h3-12,18,27H,2H2,1H3,(H,25,26,28). The van der Waals surface area contributed by atoms with E-state index in [1.165, 1.54) is 23.6 Å². The van der Waals surface area contributed by atoms with Gasteiger partial charge in [0.25, 0.3) is 5.91 Å². The van der Waals surface area contributed by atoms with Crippen LogP contribution >= 0.6 is 11.3 Å². The number of thiazole rings is 1. The number of benzene rings is 2. The van der Waals surface area contributed by atoms with Crippen molar-refractivity contribution in [2.75, 3.05) is 5.32 Å². The van der Waals surface area contributed by atoms with Crippen LogP contribution in [-0.2, 0) is 0 Å². The molecule has 7 heteroatoms. The number of aromatic nitrogens is 2. The maximum atomic E-state index is 14.4. The summed E-state index contributed by atoms with van der Waals surface area (Å²) in [6.45, 7) is 1.81. The number of para-hydroxylation sites is 1. The van der Waals surface area contributed by atoms with E-state index in [1.54, 1.807) is 24.3 Å². The minimum Gasteiger partial charge on any atom is -0.388 e. The smallest absolute Gasteiger partial charge is 0.257 e. The van der Waals surface area contributed by atoms with Crippen molar-refractivity contribution in [1.82, 2.24) is 9.97 Å². The Morgan fingerprint density at radius 3 is 2.66 bits per heavy atom. The number of anilines is 1. The maximum absolute atomic E-state index is 14.4. The van der Waals surface area contributed by atoms with Gasteiger partial charge in [-0.1, -0.05) is 42.5 Å². The lowest BCUT2D eigenvalue weighted by Crippen LogP contribution is -2.11. The summed E-state index contributed by atoms with van der Waals surface area (Å²) in [6, 6.07) is 15.5. The molecule has 0 fully saturated rings. The summed E-state index contributed by atoms with van der Waals surface area (Å²) < 4.78 is 15.4. The number of pyridine rings is 1. The van der Waals surface area contributed by atoms with E-state index in [0.29, 0.717) is 28.2 Å². The molecule has 1 atom stereocenters. The molecule has 0 radical (unpaired) electrons. The molecule has 2 N–H and O–H groups in total. The molecule has 0 saturated carbocycles. The van der Waals surface area contributed by atoms with Crippen LogP contribution in [0.5, 0.6) is 0 Å². The van der Waals surface area contributed by atoms with Gasteiger partial charge in [-0.2, -0.15) is 0 Å². The molecule has 146 valence electrons. The number of fused-ring (bicyclic) bond motifs is 1. The van der Waals surface area contributed by atoms with Crippen LogP contribution in [0, 0.1) is 5.82 Å². The van der Waals surface area contributed by atoms with Crippen molar-refractivity contribution in [2.24, 2.45) is 0 Å². The lowest BCUT2D eigenvalue weighted by molar-refractivity contribution is 0.102. The van der Waals surface area contributed by atoms with Crippen molar-refractivity contribution in [1.29, 1.82) is 0 Å². The molecule has 0 aliphatic carbocycles. The number of aliphatic hydroxyl groups is 1. The summed E-state index contributed by atoms with van der Waals surface area (Å²) in [6.07, 6.45) is 1.22. The van der Waals surface area contributed by atoms with Crippen molar-refractivity contribution < 1.29 is 14.3 Å². The lowest BCUT2D eigenvalue weighted by Gasteiger charge is -2.10. The minimum atomic E-state index is -0.736. The number of amides is 1. The monoisotopic (exact) mass is 407 g/mol. The SMILES string of the molecule is CCC(O)c1cnc(-c2ccc(C(=O)Nc3nc4ccccc4s3)cc2)c(F)c1. The van der Waals surface area contributed by atoms with Crippen LogP contribution in [-0.4, -0.2) is 21.0 Å².